The quantitative estimate of drug-likeness (QED) is 0.540. The molecule has 0 atom stereocenters. The summed E-state index contributed by atoms with van der Waals surface area (Å²) in [6.07, 6.45) is 0. The van der Waals surface area contributed by atoms with Gasteiger partial charge in [0.15, 0.2) is 0 Å². The van der Waals surface area contributed by atoms with Gasteiger partial charge in [-0.3, -0.25) is 4.79 Å². The Morgan fingerprint density at radius 3 is 3.08 bits per heavy atom. The smallest absolute Gasteiger partial charge is 0.423 e. The van der Waals surface area contributed by atoms with Crippen molar-refractivity contribution in [2.24, 2.45) is 5.73 Å². The average molecular weight is 177 g/mol. The molecule has 0 aromatic heterocycles. The number of carbonyl (C=O) groups excluding carboxylic acids is 1. The molecule has 1 aromatic rings. The molecule has 1 aliphatic heterocycles. The van der Waals surface area contributed by atoms with E-state index in [1.165, 1.54) is 0 Å². The van der Waals surface area contributed by atoms with Crippen LogP contribution in [-0.4, -0.2) is 18.0 Å². The molecule has 66 valence electrons. The third kappa shape index (κ3) is 1.32. The van der Waals surface area contributed by atoms with Gasteiger partial charge in [0, 0.05) is 5.56 Å². The highest BCUT2D eigenvalue weighted by Crippen LogP contribution is 2.11. The number of primary amides is 1. The lowest BCUT2D eigenvalue weighted by molar-refractivity contribution is 0.1000. The van der Waals surface area contributed by atoms with E-state index in [-0.39, 0.29) is 0 Å². The second-order valence-electron chi connectivity index (χ2n) is 2.94. The van der Waals surface area contributed by atoms with Gasteiger partial charge in [-0.2, -0.15) is 0 Å². The lowest BCUT2D eigenvalue weighted by Crippen LogP contribution is -2.28. The number of carbonyl (C=O) groups is 1. The largest absolute Gasteiger partial charge is 0.491 e. The molecule has 0 spiro atoms. The van der Waals surface area contributed by atoms with Gasteiger partial charge in [0.25, 0.3) is 0 Å². The van der Waals surface area contributed by atoms with E-state index in [0.29, 0.717) is 17.6 Å². The Hall–Kier alpha value is -1.33. The van der Waals surface area contributed by atoms with Gasteiger partial charge in [0.05, 0.1) is 6.61 Å². The van der Waals surface area contributed by atoms with E-state index in [1.54, 1.807) is 18.2 Å². The van der Waals surface area contributed by atoms with Gasteiger partial charge in [0.1, 0.15) is 0 Å². The van der Waals surface area contributed by atoms with E-state index in [2.05, 4.69) is 0 Å². The number of nitrogens with two attached hydrogens (primary N) is 1. The number of rotatable bonds is 1. The van der Waals surface area contributed by atoms with Gasteiger partial charge in [0.2, 0.25) is 5.91 Å². The van der Waals surface area contributed by atoms with Gasteiger partial charge in [-0.1, -0.05) is 6.07 Å². The first-order chi connectivity index (χ1) is 6.18. The van der Waals surface area contributed by atoms with Crippen molar-refractivity contribution in [1.82, 2.24) is 0 Å². The van der Waals surface area contributed by atoms with Crippen molar-refractivity contribution < 1.29 is 14.5 Å². The minimum Gasteiger partial charge on any atom is -0.423 e. The van der Waals surface area contributed by atoms with Crippen LogP contribution in [0.3, 0.4) is 0 Å². The molecule has 5 heteroatoms. The summed E-state index contributed by atoms with van der Waals surface area (Å²) in [5.41, 5.74) is 7.08. The Kier molecular flexibility index (Phi) is 1.83. The Balaban J connectivity index is 2.45. The molecular weight excluding hydrogens is 169 g/mol. The maximum Gasteiger partial charge on any atom is 0.491 e. The number of hydrogen-bond acceptors (Lipinski definition) is 3. The van der Waals surface area contributed by atoms with Crippen LogP contribution in [-0.2, 0) is 11.3 Å². The second kappa shape index (κ2) is 2.87. The zero-order chi connectivity index (χ0) is 9.42. The average Bonchev–Trinajstić information content (AvgIpc) is 2.47. The van der Waals surface area contributed by atoms with Crippen molar-refractivity contribution in [2.75, 3.05) is 0 Å². The molecule has 2 rings (SSSR count). The first-order valence-electron chi connectivity index (χ1n) is 3.91. The molecule has 0 aliphatic carbocycles. The predicted octanol–water partition coefficient (Wildman–Crippen LogP) is -0.997. The summed E-state index contributed by atoms with van der Waals surface area (Å²) in [6.45, 7) is 0.331. The summed E-state index contributed by atoms with van der Waals surface area (Å²) in [6, 6.07) is 4.89. The molecule has 0 unspecified atom stereocenters. The van der Waals surface area contributed by atoms with E-state index >= 15 is 0 Å². The fourth-order valence-corrected chi connectivity index (χ4v) is 1.38. The van der Waals surface area contributed by atoms with Crippen molar-refractivity contribution >= 4 is 18.5 Å². The molecule has 1 amide bonds. The first-order valence-corrected chi connectivity index (χ1v) is 3.91. The zero-order valence-electron chi connectivity index (χ0n) is 6.86. The lowest BCUT2D eigenvalue weighted by atomic mass is 9.79. The van der Waals surface area contributed by atoms with Crippen LogP contribution in [0.5, 0.6) is 0 Å². The van der Waals surface area contributed by atoms with Crippen molar-refractivity contribution in [2.45, 2.75) is 6.61 Å². The number of fused-ring (bicyclic) bond motifs is 1. The van der Waals surface area contributed by atoms with E-state index in [9.17, 15) is 9.82 Å². The van der Waals surface area contributed by atoms with Gasteiger partial charge >= 0.3 is 7.12 Å². The normalized spacial score (nSPS) is 14.4. The van der Waals surface area contributed by atoms with Gasteiger partial charge < -0.3 is 15.4 Å². The zero-order valence-corrected chi connectivity index (χ0v) is 6.86. The molecule has 0 saturated carbocycles. The SMILES string of the molecule is NC(=O)c1ccc2c(c1)COB2O. The number of benzene rings is 1. The highest BCUT2D eigenvalue weighted by molar-refractivity contribution is 6.61. The van der Waals surface area contributed by atoms with Crippen molar-refractivity contribution in [3.05, 3.63) is 29.3 Å². The molecular formula is C8H8BNO3. The van der Waals surface area contributed by atoms with Gasteiger partial charge in [-0.05, 0) is 23.2 Å². The number of hydrogen-bond donors (Lipinski definition) is 2. The molecule has 4 nitrogen and oxygen atoms in total. The molecule has 0 radical (unpaired) electrons. The third-order valence-electron chi connectivity index (χ3n) is 2.09. The van der Waals surface area contributed by atoms with E-state index in [0.717, 1.165) is 5.56 Å². The highest BCUT2D eigenvalue weighted by atomic mass is 16.5. The summed E-state index contributed by atoms with van der Waals surface area (Å²) in [7, 11) is -0.864. The monoisotopic (exact) mass is 177 g/mol. The summed E-state index contributed by atoms with van der Waals surface area (Å²) in [5, 5.41) is 9.27. The predicted molar refractivity (Wildman–Crippen MR) is 47.4 cm³/mol. The van der Waals surface area contributed by atoms with E-state index in [4.69, 9.17) is 10.4 Å². The fourth-order valence-electron chi connectivity index (χ4n) is 1.38. The van der Waals surface area contributed by atoms with Crippen LogP contribution in [0.25, 0.3) is 0 Å². The Bertz CT molecular complexity index is 366. The van der Waals surface area contributed by atoms with Crippen LogP contribution in [0, 0.1) is 0 Å². The Morgan fingerprint density at radius 2 is 2.38 bits per heavy atom. The van der Waals surface area contributed by atoms with E-state index in [1.807, 2.05) is 0 Å². The Morgan fingerprint density at radius 1 is 1.62 bits per heavy atom. The number of amides is 1. The van der Waals surface area contributed by atoms with Gasteiger partial charge in [-0.15, -0.1) is 0 Å². The van der Waals surface area contributed by atoms with Crippen LogP contribution < -0.4 is 11.2 Å². The topological polar surface area (TPSA) is 72.6 Å². The maximum atomic E-state index is 10.8. The summed E-state index contributed by atoms with van der Waals surface area (Å²) in [5.74, 6) is -0.468. The summed E-state index contributed by atoms with van der Waals surface area (Å²) < 4.78 is 4.96. The molecule has 0 fully saturated rings. The standard InChI is InChI=1S/C8H8BNO3/c10-8(11)5-1-2-7-6(3-5)4-13-9(7)12/h1-3,12H,4H2,(H2,10,11). The summed E-state index contributed by atoms with van der Waals surface area (Å²) in [4.78, 5) is 10.8. The minimum absolute atomic E-state index is 0.331. The fraction of sp³-hybridized carbons (Fsp3) is 0.125. The molecule has 13 heavy (non-hydrogen) atoms. The first kappa shape index (κ1) is 8.28. The molecule has 1 aromatic carbocycles. The Labute approximate surface area is 75.5 Å². The molecule has 1 aliphatic rings. The molecule has 0 bridgehead atoms. The lowest BCUT2D eigenvalue weighted by Gasteiger charge is -1.99. The van der Waals surface area contributed by atoms with Crippen molar-refractivity contribution in [3.63, 3.8) is 0 Å². The van der Waals surface area contributed by atoms with Crippen LogP contribution in [0.2, 0.25) is 0 Å². The maximum absolute atomic E-state index is 10.8. The van der Waals surface area contributed by atoms with Crippen molar-refractivity contribution in [3.8, 4) is 0 Å². The van der Waals surface area contributed by atoms with E-state index < -0.39 is 13.0 Å². The van der Waals surface area contributed by atoms with Crippen molar-refractivity contribution in [1.29, 1.82) is 0 Å². The summed E-state index contributed by atoms with van der Waals surface area (Å²) >= 11 is 0. The molecule has 3 N–H and O–H groups in total. The van der Waals surface area contributed by atoms with Crippen LogP contribution >= 0.6 is 0 Å². The van der Waals surface area contributed by atoms with Crippen LogP contribution in [0.1, 0.15) is 15.9 Å². The highest BCUT2D eigenvalue weighted by Gasteiger charge is 2.27. The van der Waals surface area contributed by atoms with Crippen LogP contribution in [0.15, 0.2) is 18.2 Å². The van der Waals surface area contributed by atoms with Crippen LogP contribution in [0.4, 0.5) is 0 Å². The molecule has 0 saturated heterocycles. The second-order valence-corrected chi connectivity index (χ2v) is 2.94. The van der Waals surface area contributed by atoms with Gasteiger partial charge in [-0.25, -0.2) is 0 Å². The third-order valence-corrected chi connectivity index (χ3v) is 2.09. The minimum atomic E-state index is -0.864. The molecule has 1 heterocycles.